The number of benzene rings is 1. The quantitative estimate of drug-likeness (QED) is 0.594. The fourth-order valence-corrected chi connectivity index (χ4v) is 1.15. The van der Waals surface area contributed by atoms with Crippen molar-refractivity contribution in [3.8, 4) is 0 Å². The van der Waals surface area contributed by atoms with Gasteiger partial charge in [-0.05, 0) is 18.2 Å². The van der Waals surface area contributed by atoms with Crippen LogP contribution in [0.15, 0.2) is 22.7 Å². The Kier molecular flexibility index (Phi) is 1.30. The summed E-state index contributed by atoms with van der Waals surface area (Å²) < 4.78 is 19.3. The number of aromatic nitrogens is 1. The lowest BCUT2D eigenvalue weighted by Crippen LogP contribution is -2.28. The molecule has 4 heteroatoms. The summed E-state index contributed by atoms with van der Waals surface area (Å²) in [6, 6.07) is 4.25. The lowest BCUT2D eigenvalue weighted by atomic mass is 10.2. The van der Waals surface area contributed by atoms with Crippen LogP contribution in [0, 0.1) is 5.82 Å². The molecule has 0 aliphatic heterocycles. The number of aryl methyl sites for hydroxylation is 1. The first-order valence-electron chi connectivity index (χ1n) is 3.52. The van der Waals surface area contributed by atoms with Crippen molar-refractivity contribution in [1.82, 2.24) is 0 Å². The SMILES string of the molecule is C[n+]1oc2ccc(F)cc2c1N. The predicted octanol–water partition coefficient (Wildman–Crippen LogP) is 0.979. The van der Waals surface area contributed by atoms with Gasteiger partial charge in [0.15, 0.2) is 5.58 Å². The van der Waals surface area contributed by atoms with Crippen molar-refractivity contribution in [2.75, 3.05) is 5.73 Å². The molecule has 0 aliphatic carbocycles. The second-order valence-corrected chi connectivity index (χ2v) is 2.61. The second kappa shape index (κ2) is 2.20. The van der Waals surface area contributed by atoms with Crippen molar-refractivity contribution in [2.24, 2.45) is 7.05 Å². The smallest absolute Gasteiger partial charge is 0.301 e. The lowest BCUT2D eigenvalue weighted by Gasteiger charge is -1.83. The summed E-state index contributed by atoms with van der Waals surface area (Å²) in [7, 11) is 1.67. The number of anilines is 1. The Morgan fingerprint density at radius 3 is 3.00 bits per heavy atom. The van der Waals surface area contributed by atoms with E-state index in [0.717, 1.165) is 0 Å². The first kappa shape index (κ1) is 7.09. The molecule has 2 rings (SSSR count). The molecule has 1 heterocycles. The number of hydrogen-bond donors (Lipinski definition) is 1. The third-order valence-corrected chi connectivity index (χ3v) is 1.79. The van der Waals surface area contributed by atoms with E-state index in [1.165, 1.54) is 16.9 Å². The number of halogens is 1. The van der Waals surface area contributed by atoms with Crippen LogP contribution in [0.25, 0.3) is 11.0 Å². The van der Waals surface area contributed by atoms with Gasteiger partial charge in [0.1, 0.15) is 18.3 Å². The van der Waals surface area contributed by atoms with Crippen LogP contribution in [-0.2, 0) is 7.05 Å². The van der Waals surface area contributed by atoms with Gasteiger partial charge in [-0.25, -0.2) is 4.39 Å². The summed E-state index contributed by atoms with van der Waals surface area (Å²) in [6.07, 6.45) is 0. The Labute approximate surface area is 68.2 Å². The van der Waals surface area contributed by atoms with E-state index < -0.39 is 0 Å². The van der Waals surface area contributed by atoms with Crippen molar-refractivity contribution in [3.63, 3.8) is 0 Å². The zero-order valence-corrected chi connectivity index (χ0v) is 6.54. The number of rotatable bonds is 0. The highest BCUT2D eigenvalue weighted by Gasteiger charge is 2.13. The van der Waals surface area contributed by atoms with Crippen molar-refractivity contribution in [2.45, 2.75) is 0 Å². The normalized spacial score (nSPS) is 10.8. The van der Waals surface area contributed by atoms with Crippen LogP contribution in [-0.4, -0.2) is 0 Å². The van der Waals surface area contributed by atoms with Crippen LogP contribution in [0.1, 0.15) is 0 Å². The molecule has 2 N–H and O–H groups in total. The molecule has 0 radical (unpaired) electrons. The van der Waals surface area contributed by atoms with Gasteiger partial charge in [0.25, 0.3) is 0 Å². The Bertz CT molecular complexity index is 436. The van der Waals surface area contributed by atoms with E-state index in [1.807, 2.05) is 0 Å². The van der Waals surface area contributed by atoms with Crippen LogP contribution < -0.4 is 10.5 Å². The molecule has 12 heavy (non-hydrogen) atoms. The Morgan fingerprint density at radius 1 is 1.50 bits per heavy atom. The maximum atomic E-state index is 12.7. The number of nitrogens with zero attached hydrogens (tertiary/aromatic N) is 1. The maximum Gasteiger partial charge on any atom is 0.318 e. The summed E-state index contributed by atoms with van der Waals surface area (Å²) >= 11 is 0. The number of fused-ring (bicyclic) bond motifs is 1. The molecule has 2 aromatic rings. The van der Waals surface area contributed by atoms with Crippen molar-refractivity contribution >= 4 is 16.8 Å². The van der Waals surface area contributed by atoms with Gasteiger partial charge in [0.2, 0.25) is 0 Å². The maximum absolute atomic E-state index is 12.7. The summed E-state index contributed by atoms with van der Waals surface area (Å²) in [5, 5.41) is 0.609. The van der Waals surface area contributed by atoms with Gasteiger partial charge in [0.05, 0.1) is 0 Å². The lowest BCUT2D eigenvalue weighted by molar-refractivity contribution is -0.829. The van der Waals surface area contributed by atoms with Crippen LogP contribution in [0.3, 0.4) is 0 Å². The standard InChI is InChI=1S/C8H7FN2O/c1-11-8(10)6-4-5(9)2-3-7(6)12-11/h2-4,10H,1H3/p+1. The minimum Gasteiger partial charge on any atom is -0.301 e. The minimum atomic E-state index is -0.310. The molecule has 0 saturated carbocycles. The molecule has 0 fully saturated rings. The highest BCUT2D eigenvalue weighted by atomic mass is 19.1. The molecule has 0 aliphatic rings. The zero-order valence-electron chi connectivity index (χ0n) is 6.54. The third kappa shape index (κ3) is 0.845. The van der Waals surface area contributed by atoms with E-state index >= 15 is 0 Å². The average molecular weight is 167 g/mol. The van der Waals surface area contributed by atoms with Gasteiger partial charge in [0, 0.05) is 0 Å². The second-order valence-electron chi connectivity index (χ2n) is 2.61. The van der Waals surface area contributed by atoms with Crippen LogP contribution >= 0.6 is 0 Å². The topological polar surface area (TPSA) is 43.0 Å². The summed E-state index contributed by atoms with van der Waals surface area (Å²) in [4.78, 5) is 0. The van der Waals surface area contributed by atoms with Gasteiger partial charge < -0.3 is 4.52 Å². The molecule has 0 unspecified atom stereocenters. The molecule has 62 valence electrons. The van der Waals surface area contributed by atoms with E-state index in [9.17, 15) is 4.39 Å². The highest BCUT2D eigenvalue weighted by molar-refractivity contribution is 5.84. The summed E-state index contributed by atoms with van der Waals surface area (Å²) in [6.45, 7) is 0. The van der Waals surface area contributed by atoms with Crippen LogP contribution in [0.4, 0.5) is 10.2 Å². The number of hydrogen-bond acceptors (Lipinski definition) is 2. The summed E-state index contributed by atoms with van der Waals surface area (Å²) in [5.41, 5.74) is 6.20. The third-order valence-electron chi connectivity index (χ3n) is 1.79. The molecule has 0 saturated heterocycles. The van der Waals surface area contributed by atoms with Crippen molar-refractivity contribution < 1.29 is 13.7 Å². The molecule has 0 spiro atoms. The molecular weight excluding hydrogens is 159 g/mol. The summed E-state index contributed by atoms with van der Waals surface area (Å²) in [5.74, 6) is 0.125. The van der Waals surface area contributed by atoms with Crippen LogP contribution in [0.5, 0.6) is 0 Å². The van der Waals surface area contributed by atoms with E-state index in [2.05, 4.69) is 0 Å². The first-order valence-corrected chi connectivity index (χ1v) is 3.52. The van der Waals surface area contributed by atoms with Gasteiger partial charge in [-0.2, -0.15) is 0 Å². The predicted molar refractivity (Wildman–Crippen MR) is 41.8 cm³/mol. The fourth-order valence-electron chi connectivity index (χ4n) is 1.15. The molecular formula is C8H8FN2O+. The average Bonchev–Trinajstić information content (AvgIpc) is 2.31. The zero-order chi connectivity index (χ0) is 8.72. The number of nitrogen functional groups attached to an aromatic ring is 1. The van der Waals surface area contributed by atoms with E-state index in [4.69, 9.17) is 10.3 Å². The van der Waals surface area contributed by atoms with Crippen molar-refractivity contribution in [3.05, 3.63) is 24.0 Å². The molecule has 0 atom stereocenters. The van der Waals surface area contributed by atoms with Gasteiger partial charge in [-0.1, -0.05) is 4.74 Å². The monoisotopic (exact) mass is 167 g/mol. The van der Waals surface area contributed by atoms with E-state index in [-0.39, 0.29) is 5.82 Å². The van der Waals surface area contributed by atoms with E-state index in [0.29, 0.717) is 16.8 Å². The van der Waals surface area contributed by atoms with Gasteiger partial charge in [-0.15, -0.1) is 0 Å². The molecule has 0 bridgehead atoms. The molecule has 3 nitrogen and oxygen atoms in total. The minimum absolute atomic E-state index is 0.310. The Morgan fingerprint density at radius 2 is 2.25 bits per heavy atom. The molecule has 0 amide bonds. The Hall–Kier alpha value is -1.58. The highest BCUT2D eigenvalue weighted by Crippen LogP contribution is 2.18. The Balaban J connectivity index is 2.88. The number of nitrogens with two attached hydrogens (primary N) is 1. The van der Waals surface area contributed by atoms with Gasteiger partial charge >= 0.3 is 5.82 Å². The van der Waals surface area contributed by atoms with Gasteiger partial charge in [-0.3, -0.25) is 5.73 Å². The van der Waals surface area contributed by atoms with E-state index in [1.54, 1.807) is 13.1 Å². The molecule has 1 aromatic carbocycles. The van der Waals surface area contributed by atoms with Crippen LogP contribution in [0.2, 0.25) is 0 Å². The largest absolute Gasteiger partial charge is 0.318 e. The van der Waals surface area contributed by atoms with Crippen molar-refractivity contribution in [1.29, 1.82) is 0 Å². The molecule has 1 aromatic heterocycles. The fraction of sp³-hybridized carbons (Fsp3) is 0.125. The first-order chi connectivity index (χ1) is 5.68.